The maximum atomic E-state index is 5.38. The van der Waals surface area contributed by atoms with E-state index in [0.29, 0.717) is 19.2 Å². The van der Waals surface area contributed by atoms with Crippen molar-refractivity contribution in [2.75, 3.05) is 19.7 Å². The summed E-state index contributed by atoms with van der Waals surface area (Å²) < 4.78 is 5.38. The van der Waals surface area contributed by atoms with E-state index in [-0.39, 0.29) is 5.92 Å². The fourth-order valence-electron chi connectivity index (χ4n) is 2.20. The minimum atomic E-state index is 0.122. The molecule has 0 aliphatic carbocycles. The highest BCUT2D eigenvalue weighted by atomic mass is 16.5. The van der Waals surface area contributed by atoms with Gasteiger partial charge in [-0.2, -0.15) is 0 Å². The van der Waals surface area contributed by atoms with Crippen LogP contribution >= 0.6 is 0 Å². The van der Waals surface area contributed by atoms with E-state index in [1.54, 1.807) is 18.6 Å². The summed E-state index contributed by atoms with van der Waals surface area (Å²) in [5.41, 5.74) is 2.13. The minimum Gasteiger partial charge on any atom is -0.463 e. The van der Waals surface area contributed by atoms with Crippen molar-refractivity contribution in [3.63, 3.8) is 0 Å². The molecule has 0 radical (unpaired) electrons. The zero-order valence-corrected chi connectivity index (χ0v) is 11.1. The number of hydrogen-bond acceptors (Lipinski definition) is 5. The molecule has 5 heteroatoms. The molecular formula is C15H16N4O. The summed E-state index contributed by atoms with van der Waals surface area (Å²) in [6.45, 7) is 2.06. The van der Waals surface area contributed by atoms with Crippen LogP contribution in [0.4, 0.5) is 0 Å². The van der Waals surface area contributed by atoms with Gasteiger partial charge in [0.2, 0.25) is 0 Å². The highest BCUT2D eigenvalue weighted by Crippen LogP contribution is 2.21. The molecule has 2 aromatic rings. The second-order valence-electron chi connectivity index (χ2n) is 4.51. The molecule has 0 amide bonds. The normalized spacial score (nSPS) is 15.3. The van der Waals surface area contributed by atoms with Gasteiger partial charge in [-0.05, 0) is 5.56 Å². The fraction of sp³-hybridized carbons (Fsp3) is 0.267. The summed E-state index contributed by atoms with van der Waals surface area (Å²) in [6, 6.07) is 10.9. The summed E-state index contributed by atoms with van der Waals surface area (Å²) in [5.74, 6) is 0.122. The Morgan fingerprint density at radius 1 is 1.20 bits per heavy atom. The van der Waals surface area contributed by atoms with Crippen molar-refractivity contribution < 1.29 is 4.74 Å². The molecule has 0 fully saturated rings. The van der Waals surface area contributed by atoms with Crippen LogP contribution in [0.25, 0.3) is 0 Å². The number of amidine groups is 1. The SMILES string of the molecule is c1ccc(C(CNC2=NCCO2)c2cnccn2)cc1. The van der Waals surface area contributed by atoms with Crippen LogP contribution in [0.3, 0.4) is 0 Å². The average molecular weight is 268 g/mol. The molecule has 102 valence electrons. The molecule has 0 spiro atoms. The van der Waals surface area contributed by atoms with Crippen molar-refractivity contribution in [3.8, 4) is 0 Å². The third-order valence-corrected chi connectivity index (χ3v) is 3.18. The number of aromatic nitrogens is 2. The lowest BCUT2D eigenvalue weighted by atomic mass is 9.96. The lowest BCUT2D eigenvalue weighted by Crippen LogP contribution is -2.29. The molecule has 1 unspecified atom stereocenters. The Balaban J connectivity index is 1.80. The molecule has 0 saturated heterocycles. The highest BCUT2D eigenvalue weighted by Gasteiger charge is 2.17. The van der Waals surface area contributed by atoms with Crippen LogP contribution in [0.2, 0.25) is 0 Å². The molecule has 5 nitrogen and oxygen atoms in total. The monoisotopic (exact) mass is 268 g/mol. The van der Waals surface area contributed by atoms with Gasteiger partial charge in [-0.3, -0.25) is 9.97 Å². The molecule has 0 bridgehead atoms. The first-order chi connectivity index (χ1) is 9.93. The predicted molar refractivity (Wildman–Crippen MR) is 76.6 cm³/mol. The largest absolute Gasteiger partial charge is 0.463 e. The number of benzene rings is 1. The van der Waals surface area contributed by atoms with E-state index in [2.05, 4.69) is 32.4 Å². The molecule has 0 saturated carbocycles. The van der Waals surface area contributed by atoms with E-state index >= 15 is 0 Å². The van der Waals surface area contributed by atoms with Gasteiger partial charge in [-0.25, -0.2) is 4.99 Å². The topological polar surface area (TPSA) is 59.4 Å². The van der Waals surface area contributed by atoms with E-state index < -0.39 is 0 Å². The van der Waals surface area contributed by atoms with Crippen molar-refractivity contribution in [1.82, 2.24) is 15.3 Å². The van der Waals surface area contributed by atoms with Crippen molar-refractivity contribution in [1.29, 1.82) is 0 Å². The van der Waals surface area contributed by atoms with E-state index in [4.69, 9.17) is 4.74 Å². The summed E-state index contributed by atoms with van der Waals surface area (Å²) in [4.78, 5) is 12.8. The van der Waals surface area contributed by atoms with Gasteiger partial charge in [0.1, 0.15) is 6.61 Å². The third-order valence-electron chi connectivity index (χ3n) is 3.18. The number of nitrogens with one attached hydrogen (secondary N) is 1. The fourth-order valence-corrected chi connectivity index (χ4v) is 2.20. The van der Waals surface area contributed by atoms with Crippen LogP contribution in [0, 0.1) is 0 Å². The molecular weight excluding hydrogens is 252 g/mol. The molecule has 1 aliphatic rings. The van der Waals surface area contributed by atoms with Crippen LogP contribution in [-0.2, 0) is 4.74 Å². The minimum absolute atomic E-state index is 0.122. The smallest absolute Gasteiger partial charge is 0.284 e. The number of nitrogens with zero attached hydrogens (tertiary/aromatic N) is 3. The maximum absolute atomic E-state index is 5.38. The van der Waals surface area contributed by atoms with Crippen LogP contribution in [0.15, 0.2) is 53.9 Å². The number of ether oxygens (including phenoxy) is 1. The van der Waals surface area contributed by atoms with Crippen molar-refractivity contribution in [2.24, 2.45) is 4.99 Å². The summed E-state index contributed by atoms with van der Waals surface area (Å²) >= 11 is 0. The maximum Gasteiger partial charge on any atom is 0.284 e. The molecule has 1 aromatic heterocycles. The summed E-state index contributed by atoms with van der Waals surface area (Å²) in [5, 5.41) is 3.24. The zero-order valence-electron chi connectivity index (χ0n) is 11.1. The van der Waals surface area contributed by atoms with E-state index in [0.717, 1.165) is 12.2 Å². The first-order valence-electron chi connectivity index (χ1n) is 6.65. The van der Waals surface area contributed by atoms with E-state index in [1.807, 2.05) is 18.2 Å². The second kappa shape index (κ2) is 6.14. The van der Waals surface area contributed by atoms with Crippen molar-refractivity contribution in [2.45, 2.75) is 5.92 Å². The van der Waals surface area contributed by atoms with Crippen LogP contribution in [-0.4, -0.2) is 35.7 Å². The van der Waals surface area contributed by atoms with Crippen molar-refractivity contribution >= 4 is 6.02 Å². The Bertz CT molecular complexity index is 531. The molecule has 1 aliphatic heterocycles. The number of hydrogen-bond donors (Lipinski definition) is 1. The van der Waals surface area contributed by atoms with Gasteiger partial charge in [-0.15, -0.1) is 0 Å². The van der Waals surface area contributed by atoms with Gasteiger partial charge in [-0.1, -0.05) is 30.3 Å². The quantitative estimate of drug-likeness (QED) is 0.914. The van der Waals surface area contributed by atoms with Gasteiger partial charge in [0.15, 0.2) is 0 Å². The van der Waals surface area contributed by atoms with E-state index in [1.165, 1.54) is 5.56 Å². The van der Waals surface area contributed by atoms with Gasteiger partial charge in [0.05, 0.1) is 12.2 Å². The molecule has 2 heterocycles. The predicted octanol–water partition coefficient (Wildman–Crippen LogP) is 1.58. The number of rotatable bonds is 4. The van der Waals surface area contributed by atoms with E-state index in [9.17, 15) is 0 Å². The lowest BCUT2D eigenvalue weighted by molar-refractivity contribution is 0.331. The first kappa shape index (κ1) is 12.6. The van der Waals surface area contributed by atoms with Gasteiger partial charge < -0.3 is 10.1 Å². The van der Waals surface area contributed by atoms with Gasteiger partial charge in [0.25, 0.3) is 6.02 Å². The Kier molecular flexibility index (Phi) is 3.87. The first-order valence-corrected chi connectivity index (χ1v) is 6.65. The molecule has 20 heavy (non-hydrogen) atoms. The van der Waals surface area contributed by atoms with Gasteiger partial charge >= 0.3 is 0 Å². The zero-order chi connectivity index (χ0) is 13.6. The van der Waals surface area contributed by atoms with Crippen LogP contribution < -0.4 is 5.32 Å². The Morgan fingerprint density at radius 2 is 2.10 bits per heavy atom. The lowest BCUT2D eigenvalue weighted by Gasteiger charge is -2.17. The molecule has 1 aromatic carbocycles. The van der Waals surface area contributed by atoms with Crippen molar-refractivity contribution in [3.05, 3.63) is 60.2 Å². The van der Waals surface area contributed by atoms with Gasteiger partial charge in [0, 0.05) is 31.1 Å². The summed E-state index contributed by atoms with van der Waals surface area (Å²) in [6.07, 6.45) is 5.20. The average Bonchev–Trinajstić information content (AvgIpc) is 3.03. The third kappa shape index (κ3) is 2.93. The van der Waals surface area contributed by atoms with Crippen LogP contribution in [0.1, 0.15) is 17.2 Å². The molecule has 1 N–H and O–H groups in total. The molecule has 1 atom stereocenters. The Morgan fingerprint density at radius 3 is 2.80 bits per heavy atom. The number of aliphatic imine (C=N–C) groups is 1. The standard InChI is InChI=1S/C15H16N4O/c1-2-4-12(5-3-1)13(14-11-16-6-7-17-14)10-19-15-18-8-9-20-15/h1-7,11,13H,8-10H2,(H,18,19). The highest BCUT2D eigenvalue weighted by molar-refractivity contribution is 5.74. The second-order valence-corrected chi connectivity index (χ2v) is 4.51. The Hall–Kier alpha value is -2.43. The molecule has 3 rings (SSSR count). The van der Waals surface area contributed by atoms with Crippen LogP contribution in [0.5, 0.6) is 0 Å². The summed E-state index contributed by atoms with van der Waals surface area (Å²) in [7, 11) is 0. The Labute approximate surface area is 117 Å².